The molecule has 1 aliphatic heterocycles. The second kappa shape index (κ2) is 9.96. The highest BCUT2D eigenvalue weighted by molar-refractivity contribution is 6.30. The van der Waals surface area contributed by atoms with Gasteiger partial charge in [0, 0.05) is 44.3 Å². The fourth-order valence-electron chi connectivity index (χ4n) is 3.50. The van der Waals surface area contributed by atoms with Crippen molar-refractivity contribution in [3.05, 3.63) is 65.2 Å². The molecule has 0 bridgehead atoms. The molecule has 26 heavy (non-hydrogen) atoms. The highest BCUT2D eigenvalue weighted by atomic mass is 35.5. The summed E-state index contributed by atoms with van der Waals surface area (Å²) in [6.45, 7) is 8.69. The Hall–Kier alpha value is -1.55. The van der Waals surface area contributed by atoms with E-state index in [1.54, 1.807) is 0 Å². The lowest BCUT2D eigenvalue weighted by molar-refractivity contribution is 0.0772. The summed E-state index contributed by atoms with van der Waals surface area (Å²) in [4.78, 5) is 5.07. The van der Waals surface area contributed by atoms with E-state index in [9.17, 15) is 0 Å². The molecule has 2 aromatic carbocycles. The van der Waals surface area contributed by atoms with Crippen molar-refractivity contribution in [3.63, 3.8) is 0 Å². The third-order valence-corrected chi connectivity index (χ3v) is 5.12. The SMILES string of the molecule is CCCC(CN1CCN(Cc2ccccc2)CC1)Oc1cccc(Cl)c1. The van der Waals surface area contributed by atoms with E-state index in [1.807, 2.05) is 24.3 Å². The zero-order valence-electron chi connectivity index (χ0n) is 15.6. The Bertz CT molecular complexity index is 656. The molecule has 0 amide bonds. The van der Waals surface area contributed by atoms with Crippen LogP contribution < -0.4 is 4.74 Å². The van der Waals surface area contributed by atoms with Crippen LogP contribution >= 0.6 is 11.6 Å². The molecule has 1 saturated heterocycles. The van der Waals surface area contributed by atoms with Gasteiger partial charge < -0.3 is 4.74 Å². The van der Waals surface area contributed by atoms with Crippen LogP contribution in [0, 0.1) is 0 Å². The summed E-state index contributed by atoms with van der Waals surface area (Å²) in [5.41, 5.74) is 1.40. The zero-order chi connectivity index (χ0) is 18.2. The Kier molecular flexibility index (Phi) is 7.36. The van der Waals surface area contributed by atoms with Crippen LogP contribution in [0.2, 0.25) is 5.02 Å². The highest BCUT2D eigenvalue weighted by Gasteiger charge is 2.21. The molecule has 0 aliphatic carbocycles. The van der Waals surface area contributed by atoms with Crippen molar-refractivity contribution in [2.24, 2.45) is 0 Å². The number of nitrogens with zero attached hydrogens (tertiary/aromatic N) is 2. The first-order chi connectivity index (χ1) is 12.7. The van der Waals surface area contributed by atoms with Crippen molar-refractivity contribution in [2.75, 3.05) is 32.7 Å². The van der Waals surface area contributed by atoms with Gasteiger partial charge in [0.1, 0.15) is 11.9 Å². The first-order valence-electron chi connectivity index (χ1n) is 9.64. The van der Waals surface area contributed by atoms with Gasteiger partial charge in [0.05, 0.1) is 0 Å². The predicted octanol–water partition coefficient (Wildman–Crippen LogP) is 4.71. The van der Waals surface area contributed by atoms with Gasteiger partial charge in [-0.25, -0.2) is 0 Å². The largest absolute Gasteiger partial charge is 0.489 e. The average Bonchev–Trinajstić information content (AvgIpc) is 2.64. The molecule has 140 valence electrons. The molecule has 3 rings (SSSR count). The summed E-state index contributed by atoms with van der Waals surface area (Å²) >= 11 is 6.08. The number of piperazine rings is 1. The lowest BCUT2D eigenvalue weighted by Crippen LogP contribution is -2.48. The third-order valence-electron chi connectivity index (χ3n) is 4.89. The van der Waals surface area contributed by atoms with Crippen LogP contribution in [0.15, 0.2) is 54.6 Å². The molecule has 3 nitrogen and oxygen atoms in total. The van der Waals surface area contributed by atoms with E-state index >= 15 is 0 Å². The Balaban J connectivity index is 1.48. The number of halogens is 1. The van der Waals surface area contributed by atoms with Crippen molar-refractivity contribution in [1.29, 1.82) is 0 Å². The van der Waals surface area contributed by atoms with E-state index in [0.717, 1.165) is 62.9 Å². The van der Waals surface area contributed by atoms with Crippen LogP contribution in [-0.2, 0) is 6.54 Å². The standard InChI is InChI=1S/C22H29ClN2O/c1-2-7-22(26-21-11-6-10-20(23)16-21)18-25-14-12-24(13-15-25)17-19-8-4-3-5-9-19/h3-6,8-11,16,22H,2,7,12-15,17-18H2,1H3. The van der Waals surface area contributed by atoms with Gasteiger partial charge >= 0.3 is 0 Å². The summed E-state index contributed by atoms with van der Waals surface area (Å²) in [5.74, 6) is 0.874. The number of rotatable bonds is 8. The molecule has 2 aromatic rings. The molecule has 1 heterocycles. The van der Waals surface area contributed by atoms with Crippen LogP contribution in [0.4, 0.5) is 0 Å². The van der Waals surface area contributed by atoms with Gasteiger partial charge in [-0.2, -0.15) is 0 Å². The number of hydrogen-bond donors (Lipinski definition) is 0. The molecule has 0 spiro atoms. The number of ether oxygens (including phenoxy) is 1. The number of benzene rings is 2. The molecule has 4 heteroatoms. The Morgan fingerprint density at radius 3 is 2.38 bits per heavy atom. The minimum absolute atomic E-state index is 0.221. The molecule has 1 unspecified atom stereocenters. The molecular formula is C22H29ClN2O. The van der Waals surface area contributed by atoms with Crippen molar-refractivity contribution in [1.82, 2.24) is 9.80 Å². The zero-order valence-corrected chi connectivity index (χ0v) is 16.4. The molecule has 0 radical (unpaired) electrons. The molecule has 1 fully saturated rings. The first kappa shape index (κ1) is 19.2. The minimum atomic E-state index is 0.221. The average molecular weight is 373 g/mol. The Morgan fingerprint density at radius 1 is 0.962 bits per heavy atom. The fourth-order valence-corrected chi connectivity index (χ4v) is 3.68. The topological polar surface area (TPSA) is 15.7 Å². The maximum Gasteiger partial charge on any atom is 0.121 e. The van der Waals surface area contributed by atoms with Gasteiger partial charge in [-0.05, 0) is 30.2 Å². The lowest BCUT2D eigenvalue weighted by Gasteiger charge is -2.36. The van der Waals surface area contributed by atoms with E-state index in [4.69, 9.17) is 16.3 Å². The van der Waals surface area contributed by atoms with E-state index in [-0.39, 0.29) is 6.10 Å². The summed E-state index contributed by atoms with van der Waals surface area (Å²) < 4.78 is 6.22. The van der Waals surface area contributed by atoms with Gasteiger partial charge in [-0.1, -0.05) is 61.3 Å². The van der Waals surface area contributed by atoms with E-state index in [0.29, 0.717) is 0 Å². The molecule has 1 aliphatic rings. The van der Waals surface area contributed by atoms with Gasteiger partial charge in [-0.15, -0.1) is 0 Å². The molecule has 0 N–H and O–H groups in total. The Morgan fingerprint density at radius 2 is 1.69 bits per heavy atom. The molecular weight excluding hydrogens is 344 g/mol. The smallest absolute Gasteiger partial charge is 0.121 e. The van der Waals surface area contributed by atoms with Crippen molar-refractivity contribution in [2.45, 2.75) is 32.4 Å². The number of hydrogen-bond acceptors (Lipinski definition) is 3. The maximum absolute atomic E-state index is 6.22. The van der Waals surface area contributed by atoms with Gasteiger partial charge in [0.25, 0.3) is 0 Å². The van der Waals surface area contributed by atoms with Crippen LogP contribution in [0.1, 0.15) is 25.3 Å². The van der Waals surface area contributed by atoms with Gasteiger partial charge in [0.15, 0.2) is 0 Å². The molecule has 1 atom stereocenters. The van der Waals surface area contributed by atoms with Crippen LogP contribution in [-0.4, -0.2) is 48.6 Å². The molecule has 0 aromatic heterocycles. The second-order valence-corrected chi connectivity index (χ2v) is 7.48. The normalized spacial score (nSPS) is 17.2. The maximum atomic E-state index is 6.22. The van der Waals surface area contributed by atoms with Crippen LogP contribution in [0.3, 0.4) is 0 Å². The van der Waals surface area contributed by atoms with Crippen LogP contribution in [0.5, 0.6) is 5.75 Å². The summed E-state index contributed by atoms with van der Waals surface area (Å²) in [7, 11) is 0. The molecule has 0 saturated carbocycles. The first-order valence-corrected chi connectivity index (χ1v) is 10.0. The van der Waals surface area contributed by atoms with Crippen molar-refractivity contribution < 1.29 is 4.74 Å². The second-order valence-electron chi connectivity index (χ2n) is 7.05. The predicted molar refractivity (Wildman–Crippen MR) is 109 cm³/mol. The fraction of sp³-hybridized carbons (Fsp3) is 0.455. The van der Waals surface area contributed by atoms with Gasteiger partial charge in [0.2, 0.25) is 0 Å². The third kappa shape index (κ3) is 6.01. The van der Waals surface area contributed by atoms with E-state index < -0.39 is 0 Å². The summed E-state index contributed by atoms with van der Waals surface area (Å²) in [6.07, 6.45) is 2.41. The monoisotopic (exact) mass is 372 g/mol. The van der Waals surface area contributed by atoms with E-state index in [1.165, 1.54) is 5.56 Å². The van der Waals surface area contributed by atoms with E-state index in [2.05, 4.69) is 47.1 Å². The lowest BCUT2D eigenvalue weighted by atomic mass is 10.1. The summed E-state index contributed by atoms with van der Waals surface area (Å²) in [5, 5.41) is 0.729. The Labute approximate surface area is 162 Å². The van der Waals surface area contributed by atoms with Crippen molar-refractivity contribution in [3.8, 4) is 5.75 Å². The minimum Gasteiger partial charge on any atom is -0.489 e. The van der Waals surface area contributed by atoms with Crippen LogP contribution in [0.25, 0.3) is 0 Å². The van der Waals surface area contributed by atoms with Crippen molar-refractivity contribution >= 4 is 11.6 Å². The van der Waals surface area contributed by atoms with Gasteiger partial charge in [-0.3, -0.25) is 9.80 Å². The highest BCUT2D eigenvalue weighted by Crippen LogP contribution is 2.20. The summed E-state index contributed by atoms with van der Waals surface area (Å²) in [6, 6.07) is 18.5. The quantitative estimate of drug-likeness (QED) is 0.667.